The van der Waals surface area contributed by atoms with Crippen molar-refractivity contribution in [2.24, 2.45) is 0 Å². The van der Waals surface area contributed by atoms with Crippen molar-refractivity contribution >= 4 is 66.4 Å². The molecule has 0 spiro atoms. The SMILES string of the molecule is O=C(Nc1cc(Cl)ccc1Br)c1ccc(Br)s1. The van der Waals surface area contributed by atoms with Crippen molar-refractivity contribution in [3.8, 4) is 0 Å². The van der Waals surface area contributed by atoms with Gasteiger partial charge in [-0.05, 0) is 62.2 Å². The third-order valence-electron chi connectivity index (χ3n) is 1.97. The van der Waals surface area contributed by atoms with Crippen LogP contribution in [0.4, 0.5) is 5.69 Å². The predicted octanol–water partition coefficient (Wildman–Crippen LogP) is 5.18. The zero-order valence-corrected chi connectivity index (χ0v) is 13.1. The van der Waals surface area contributed by atoms with Crippen LogP contribution >= 0.6 is 54.8 Å². The van der Waals surface area contributed by atoms with Gasteiger partial charge in [0.05, 0.1) is 14.4 Å². The standard InChI is InChI=1S/C11H6Br2ClNOS/c12-7-2-1-6(14)5-8(7)15-11(16)9-3-4-10(13)17-9/h1-5H,(H,15,16). The van der Waals surface area contributed by atoms with Crippen LogP contribution in [0.15, 0.2) is 38.6 Å². The molecule has 0 bridgehead atoms. The molecule has 1 amide bonds. The van der Waals surface area contributed by atoms with Crippen LogP contribution < -0.4 is 5.32 Å². The van der Waals surface area contributed by atoms with Gasteiger partial charge >= 0.3 is 0 Å². The molecule has 17 heavy (non-hydrogen) atoms. The first-order valence-corrected chi connectivity index (χ1v) is 7.36. The monoisotopic (exact) mass is 393 g/mol. The second kappa shape index (κ2) is 5.52. The number of halogens is 3. The fourth-order valence-corrected chi connectivity index (χ4v) is 3.01. The molecule has 2 rings (SSSR count). The minimum Gasteiger partial charge on any atom is -0.320 e. The first-order chi connectivity index (χ1) is 8.06. The summed E-state index contributed by atoms with van der Waals surface area (Å²) in [6.45, 7) is 0. The maximum Gasteiger partial charge on any atom is 0.265 e. The second-order valence-corrected chi connectivity index (χ2v) is 6.94. The second-order valence-electron chi connectivity index (χ2n) is 3.18. The molecule has 2 nitrogen and oxygen atoms in total. The Balaban J connectivity index is 2.21. The van der Waals surface area contributed by atoms with E-state index in [0.29, 0.717) is 15.6 Å². The third-order valence-corrected chi connectivity index (χ3v) is 4.52. The van der Waals surface area contributed by atoms with E-state index >= 15 is 0 Å². The van der Waals surface area contributed by atoms with Crippen molar-refractivity contribution in [2.75, 3.05) is 5.32 Å². The van der Waals surface area contributed by atoms with Gasteiger partial charge in [-0.3, -0.25) is 4.79 Å². The van der Waals surface area contributed by atoms with E-state index in [2.05, 4.69) is 37.2 Å². The molecule has 0 unspecified atom stereocenters. The summed E-state index contributed by atoms with van der Waals surface area (Å²) in [6, 6.07) is 8.85. The van der Waals surface area contributed by atoms with E-state index < -0.39 is 0 Å². The van der Waals surface area contributed by atoms with Crippen LogP contribution in [0.5, 0.6) is 0 Å². The molecular weight excluding hydrogens is 389 g/mol. The molecular formula is C11H6Br2ClNOS. The highest BCUT2D eigenvalue weighted by molar-refractivity contribution is 9.11. The van der Waals surface area contributed by atoms with E-state index in [0.717, 1.165) is 8.26 Å². The minimum absolute atomic E-state index is 0.149. The Kier molecular flexibility index (Phi) is 4.25. The van der Waals surface area contributed by atoms with E-state index in [1.807, 2.05) is 6.07 Å². The highest BCUT2D eigenvalue weighted by Crippen LogP contribution is 2.28. The van der Waals surface area contributed by atoms with Gasteiger partial charge < -0.3 is 5.32 Å². The number of nitrogens with one attached hydrogen (secondary N) is 1. The quantitative estimate of drug-likeness (QED) is 0.746. The summed E-state index contributed by atoms with van der Waals surface area (Å²) in [5, 5.41) is 3.38. The molecule has 2 aromatic rings. The number of carbonyl (C=O) groups excluding carboxylic acids is 1. The summed E-state index contributed by atoms with van der Waals surface area (Å²) in [5.41, 5.74) is 0.659. The third kappa shape index (κ3) is 3.31. The molecule has 0 saturated heterocycles. The zero-order chi connectivity index (χ0) is 12.4. The number of hydrogen-bond acceptors (Lipinski definition) is 2. The number of rotatable bonds is 2. The molecule has 1 aromatic carbocycles. The topological polar surface area (TPSA) is 29.1 Å². The van der Waals surface area contributed by atoms with Gasteiger partial charge in [-0.1, -0.05) is 11.6 Å². The maximum atomic E-state index is 11.9. The van der Waals surface area contributed by atoms with Crippen LogP contribution in [0.3, 0.4) is 0 Å². The van der Waals surface area contributed by atoms with Crippen LogP contribution in [-0.4, -0.2) is 5.91 Å². The van der Waals surface area contributed by atoms with Crippen LogP contribution in [0.25, 0.3) is 0 Å². The summed E-state index contributed by atoms with van der Waals surface area (Å²) in [6.07, 6.45) is 0. The van der Waals surface area contributed by atoms with Gasteiger partial charge in [-0.25, -0.2) is 0 Å². The van der Waals surface area contributed by atoms with E-state index in [1.165, 1.54) is 11.3 Å². The van der Waals surface area contributed by atoms with Gasteiger partial charge in [0.2, 0.25) is 0 Å². The van der Waals surface area contributed by atoms with Crippen LogP contribution in [0.1, 0.15) is 9.67 Å². The summed E-state index contributed by atoms with van der Waals surface area (Å²) in [5.74, 6) is -0.149. The van der Waals surface area contributed by atoms with Crippen molar-refractivity contribution < 1.29 is 4.79 Å². The molecule has 1 heterocycles. The summed E-state index contributed by atoms with van der Waals surface area (Å²) < 4.78 is 1.72. The number of amides is 1. The number of thiophene rings is 1. The van der Waals surface area contributed by atoms with E-state index in [9.17, 15) is 4.79 Å². The molecule has 0 aliphatic heterocycles. The Hall–Kier alpha value is -0.360. The first kappa shape index (κ1) is 13.1. The lowest BCUT2D eigenvalue weighted by Gasteiger charge is -2.06. The lowest BCUT2D eigenvalue weighted by atomic mass is 10.3. The van der Waals surface area contributed by atoms with E-state index in [4.69, 9.17) is 11.6 Å². The fourth-order valence-electron chi connectivity index (χ4n) is 1.21. The summed E-state index contributed by atoms with van der Waals surface area (Å²) in [4.78, 5) is 12.5. The predicted molar refractivity (Wildman–Crippen MR) is 79.1 cm³/mol. The lowest BCUT2D eigenvalue weighted by Crippen LogP contribution is -2.10. The van der Waals surface area contributed by atoms with Crippen molar-refractivity contribution in [3.05, 3.63) is 48.5 Å². The van der Waals surface area contributed by atoms with Gasteiger partial charge in [0, 0.05) is 9.50 Å². The largest absolute Gasteiger partial charge is 0.320 e. The van der Waals surface area contributed by atoms with Gasteiger partial charge in [0.15, 0.2) is 0 Å². The summed E-state index contributed by atoms with van der Waals surface area (Å²) in [7, 11) is 0. The molecule has 0 fully saturated rings. The van der Waals surface area contributed by atoms with E-state index in [1.54, 1.807) is 24.3 Å². The number of anilines is 1. The molecule has 1 aromatic heterocycles. The number of benzene rings is 1. The average molecular weight is 396 g/mol. The van der Waals surface area contributed by atoms with Gasteiger partial charge in [-0.15, -0.1) is 11.3 Å². The Bertz CT molecular complexity index is 570. The fraction of sp³-hybridized carbons (Fsp3) is 0. The Morgan fingerprint density at radius 1 is 1.24 bits per heavy atom. The van der Waals surface area contributed by atoms with Crippen LogP contribution in [0, 0.1) is 0 Å². The van der Waals surface area contributed by atoms with Gasteiger partial charge in [0.25, 0.3) is 5.91 Å². The highest BCUT2D eigenvalue weighted by Gasteiger charge is 2.10. The van der Waals surface area contributed by atoms with E-state index in [-0.39, 0.29) is 5.91 Å². The van der Waals surface area contributed by atoms with Crippen molar-refractivity contribution in [3.63, 3.8) is 0 Å². The van der Waals surface area contributed by atoms with Gasteiger partial charge in [0.1, 0.15) is 0 Å². The number of hydrogen-bond donors (Lipinski definition) is 1. The van der Waals surface area contributed by atoms with Crippen molar-refractivity contribution in [1.29, 1.82) is 0 Å². The highest BCUT2D eigenvalue weighted by atomic mass is 79.9. The number of carbonyl (C=O) groups is 1. The minimum atomic E-state index is -0.149. The van der Waals surface area contributed by atoms with Crippen LogP contribution in [0.2, 0.25) is 5.02 Å². The molecule has 0 radical (unpaired) electrons. The summed E-state index contributed by atoms with van der Waals surface area (Å²) >= 11 is 13.9. The van der Waals surface area contributed by atoms with Gasteiger partial charge in [-0.2, -0.15) is 0 Å². The molecule has 0 atom stereocenters. The lowest BCUT2D eigenvalue weighted by molar-refractivity contribution is 0.103. The van der Waals surface area contributed by atoms with Crippen molar-refractivity contribution in [2.45, 2.75) is 0 Å². The zero-order valence-electron chi connectivity index (χ0n) is 8.34. The Morgan fingerprint density at radius 2 is 2.00 bits per heavy atom. The normalized spacial score (nSPS) is 10.3. The molecule has 0 saturated carbocycles. The smallest absolute Gasteiger partial charge is 0.265 e. The molecule has 88 valence electrons. The molecule has 0 aliphatic carbocycles. The molecule has 0 aliphatic rings. The Morgan fingerprint density at radius 3 is 2.65 bits per heavy atom. The Labute approximate surface area is 124 Å². The molecule has 6 heteroatoms. The first-order valence-electron chi connectivity index (χ1n) is 4.58. The maximum absolute atomic E-state index is 11.9. The average Bonchev–Trinajstić information content (AvgIpc) is 2.70. The van der Waals surface area contributed by atoms with Crippen molar-refractivity contribution in [1.82, 2.24) is 0 Å². The molecule has 1 N–H and O–H groups in total. The van der Waals surface area contributed by atoms with Crippen LogP contribution in [-0.2, 0) is 0 Å².